The first-order valence-electron chi connectivity index (χ1n) is 12.8. The van der Waals surface area contributed by atoms with Crippen LogP contribution in [-0.2, 0) is 19.1 Å². The Morgan fingerprint density at radius 1 is 1.03 bits per heavy atom. The van der Waals surface area contributed by atoms with Crippen LogP contribution < -0.4 is 9.47 Å². The number of benzene rings is 2. The number of hydrogen-bond acceptors (Lipinski definition) is 8. The van der Waals surface area contributed by atoms with Crippen LogP contribution in [-0.4, -0.2) is 106 Å². The average Bonchev–Trinajstić information content (AvgIpc) is 3.42. The van der Waals surface area contributed by atoms with E-state index in [0.717, 1.165) is 41.4 Å². The Morgan fingerprint density at radius 2 is 1.76 bits per heavy atom. The number of rotatable bonds is 11. The number of amides is 2. The third-order valence-electron chi connectivity index (χ3n) is 6.81. The van der Waals surface area contributed by atoms with E-state index in [1.807, 2.05) is 48.5 Å². The second kappa shape index (κ2) is 13.4. The van der Waals surface area contributed by atoms with E-state index in [0.29, 0.717) is 32.7 Å². The molecule has 1 saturated heterocycles. The third kappa shape index (κ3) is 6.89. The van der Waals surface area contributed by atoms with Crippen LogP contribution in [0.3, 0.4) is 0 Å². The molecule has 0 aliphatic carbocycles. The van der Waals surface area contributed by atoms with Crippen molar-refractivity contribution in [3.8, 4) is 11.5 Å². The molecule has 2 aliphatic heterocycles. The van der Waals surface area contributed by atoms with Gasteiger partial charge in [-0.05, 0) is 29.8 Å². The summed E-state index contributed by atoms with van der Waals surface area (Å²) in [4.78, 5) is 30.4. The van der Waals surface area contributed by atoms with Gasteiger partial charge in [0.25, 0.3) is 5.91 Å². The van der Waals surface area contributed by atoms with Gasteiger partial charge in [-0.3, -0.25) is 14.5 Å². The molecule has 2 heterocycles. The Labute approximate surface area is 223 Å². The van der Waals surface area contributed by atoms with Crippen molar-refractivity contribution in [2.75, 3.05) is 73.9 Å². The molecule has 0 spiro atoms. The molecule has 4 rings (SSSR count). The second-order valence-corrected chi connectivity index (χ2v) is 9.21. The third-order valence-corrected chi connectivity index (χ3v) is 6.81. The molecule has 38 heavy (non-hydrogen) atoms. The smallest absolute Gasteiger partial charge is 0.262 e. The van der Waals surface area contributed by atoms with Gasteiger partial charge in [0.2, 0.25) is 5.91 Å². The van der Waals surface area contributed by atoms with Gasteiger partial charge in [-0.15, -0.1) is 0 Å². The fraction of sp³-hybridized carbons (Fsp3) is 0.464. The van der Waals surface area contributed by atoms with Crippen molar-refractivity contribution in [3.63, 3.8) is 0 Å². The fourth-order valence-corrected chi connectivity index (χ4v) is 4.63. The van der Waals surface area contributed by atoms with Crippen molar-refractivity contribution in [3.05, 3.63) is 59.7 Å². The lowest BCUT2D eigenvalue weighted by molar-refractivity contribution is -0.143. The van der Waals surface area contributed by atoms with Gasteiger partial charge in [0.05, 0.1) is 39.2 Å². The Kier molecular flexibility index (Phi) is 9.69. The summed E-state index contributed by atoms with van der Waals surface area (Å²) in [7, 11) is 4.71. The van der Waals surface area contributed by atoms with Crippen molar-refractivity contribution in [1.29, 1.82) is 0 Å². The molecule has 2 amide bonds. The van der Waals surface area contributed by atoms with Crippen LogP contribution in [0.2, 0.25) is 0 Å². The molecule has 0 radical (unpaired) electrons. The minimum absolute atomic E-state index is 0.0867. The zero-order valence-corrected chi connectivity index (χ0v) is 22.3. The Morgan fingerprint density at radius 3 is 2.45 bits per heavy atom. The number of nitrogens with zero attached hydrogens (tertiary/aromatic N) is 4. The Bertz CT molecular complexity index is 1120. The van der Waals surface area contributed by atoms with E-state index in [1.165, 1.54) is 12.1 Å². The van der Waals surface area contributed by atoms with E-state index in [9.17, 15) is 9.59 Å². The quantitative estimate of drug-likeness (QED) is 0.445. The lowest BCUT2D eigenvalue weighted by Crippen LogP contribution is -2.47. The number of carbonyl (C=O) groups excluding carboxylic acids is 2. The van der Waals surface area contributed by atoms with E-state index in [4.69, 9.17) is 24.0 Å². The first-order valence-corrected chi connectivity index (χ1v) is 12.8. The van der Waals surface area contributed by atoms with Crippen molar-refractivity contribution >= 4 is 17.5 Å². The van der Waals surface area contributed by atoms with Crippen LogP contribution >= 0.6 is 0 Å². The predicted molar refractivity (Wildman–Crippen MR) is 142 cm³/mol. The number of hydrogen-bond donors (Lipinski definition) is 0. The molecule has 0 bridgehead atoms. The lowest BCUT2D eigenvalue weighted by Gasteiger charge is -2.31. The molecule has 2 aromatic carbocycles. The molecule has 1 atom stereocenters. The monoisotopic (exact) mass is 524 g/mol. The van der Waals surface area contributed by atoms with Crippen molar-refractivity contribution in [2.24, 2.45) is 5.10 Å². The van der Waals surface area contributed by atoms with Gasteiger partial charge in [0.1, 0.15) is 24.7 Å². The van der Waals surface area contributed by atoms with E-state index < -0.39 is 0 Å². The van der Waals surface area contributed by atoms with Gasteiger partial charge in [0.15, 0.2) is 0 Å². The number of methoxy groups -OCH3 is 3. The number of ether oxygens (including phenoxy) is 4. The standard InChI is InChI=1S/C28H36N4O6/c1-35-20-28(34)31(12-11-30-13-15-38-16-14-30)19-27(33)32-26(21-7-9-23(36-2)10-8-21)18-25(29-32)22-5-4-6-24(17-22)37-3/h4-10,17,26H,11-16,18-20H2,1-3H3. The van der Waals surface area contributed by atoms with E-state index in [1.54, 1.807) is 19.1 Å². The topological polar surface area (TPSA) is 93.1 Å². The van der Waals surface area contributed by atoms with Crippen molar-refractivity contribution < 1.29 is 28.5 Å². The predicted octanol–water partition coefficient (Wildman–Crippen LogP) is 2.19. The summed E-state index contributed by atoms with van der Waals surface area (Å²) in [6.07, 6.45) is 0.533. The highest BCUT2D eigenvalue weighted by Gasteiger charge is 2.34. The minimum atomic E-state index is -0.312. The molecule has 0 saturated carbocycles. The van der Waals surface area contributed by atoms with Crippen LogP contribution in [0.4, 0.5) is 0 Å². The van der Waals surface area contributed by atoms with Gasteiger partial charge in [-0.25, -0.2) is 5.01 Å². The summed E-state index contributed by atoms with van der Waals surface area (Å²) < 4.78 is 21.2. The van der Waals surface area contributed by atoms with Crippen molar-refractivity contribution in [2.45, 2.75) is 12.5 Å². The maximum absolute atomic E-state index is 13.7. The molecule has 1 fully saturated rings. The van der Waals surface area contributed by atoms with Crippen molar-refractivity contribution in [1.82, 2.24) is 14.8 Å². The highest BCUT2D eigenvalue weighted by Crippen LogP contribution is 2.34. The highest BCUT2D eigenvalue weighted by molar-refractivity contribution is 6.03. The summed E-state index contributed by atoms with van der Waals surface area (Å²) >= 11 is 0. The van der Waals surface area contributed by atoms with Crippen LogP contribution in [0, 0.1) is 0 Å². The van der Waals surface area contributed by atoms with Crippen LogP contribution in [0.5, 0.6) is 11.5 Å². The molecular weight excluding hydrogens is 488 g/mol. The average molecular weight is 525 g/mol. The Balaban J connectivity index is 1.56. The maximum atomic E-state index is 13.7. The van der Waals surface area contributed by atoms with Gasteiger partial charge in [-0.2, -0.15) is 5.10 Å². The number of carbonyl (C=O) groups is 2. The molecule has 2 aliphatic rings. The summed E-state index contributed by atoms with van der Waals surface area (Å²) in [5.41, 5.74) is 2.60. The first-order chi connectivity index (χ1) is 18.5. The molecular formula is C28H36N4O6. The van der Waals surface area contributed by atoms with Crippen LogP contribution in [0.15, 0.2) is 53.6 Å². The molecule has 10 nitrogen and oxygen atoms in total. The van der Waals surface area contributed by atoms with Gasteiger partial charge in [0, 0.05) is 45.3 Å². The zero-order valence-electron chi connectivity index (χ0n) is 22.3. The van der Waals surface area contributed by atoms with Gasteiger partial charge < -0.3 is 23.8 Å². The molecule has 0 N–H and O–H groups in total. The van der Waals surface area contributed by atoms with Crippen LogP contribution in [0.25, 0.3) is 0 Å². The minimum Gasteiger partial charge on any atom is -0.497 e. The SMILES string of the molecule is COCC(=O)N(CCN1CCOCC1)CC(=O)N1N=C(c2cccc(OC)c2)CC1c1ccc(OC)cc1. The fourth-order valence-electron chi connectivity index (χ4n) is 4.63. The Hall–Kier alpha value is -3.47. The second-order valence-electron chi connectivity index (χ2n) is 9.21. The summed E-state index contributed by atoms with van der Waals surface area (Å²) in [5, 5.41) is 6.27. The molecule has 0 aromatic heterocycles. The largest absolute Gasteiger partial charge is 0.497 e. The summed E-state index contributed by atoms with van der Waals surface area (Å²) in [6, 6.07) is 15.0. The molecule has 10 heteroatoms. The molecule has 1 unspecified atom stereocenters. The maximum Gasteiger partial charge on any atom is 0.262 e. The molecule has 2 aromatic rings. The van der Waals surface area contributed by atoms with Gasteiger partial charge in [-0.1, -0.05) is 24.3 Å². The summed E-state index contributed by atoms with van der Waals surface area (Å²) in [5.74, 6) is 0.967. The first kappa shape index (κ1) is 27.6. The van der Waals surface area contributed by atoms with E-state index >= 15 is 0 Å². The lowest BCUT2D eigenvalue weighted by atomic mass is 9.98. The van der Waals surface area contributed by atoms with E-state index in [-0.39, 0.29) is 31.0 Å². The van der Waals surface area contributed by atoms with Crippen LogP contribution in [0.1, 0.15) is 23.6 Å². The van der Waals surface area contributed by atoms with Gasteiger partial charge >= 0.3 is 0 Å². The normalized spacial score (nSPS) is 17.7. The number of morpholine rings is 1. The molecule has 204 valence electrons. The zero-order chi connectivity index (χ0) is 26.9. The number of hydrazone groups is 1. The highest BCUT2D eigenvalue weighted by atomic mass is 16.5. The summed E-state index contributed by atoms with van der Waals surface area (Å²) in [6.45, 7) is 3.85. The van der Waals surface area contributed by atoms with E-state index in [2.05, 4.69) is 4.90 Å².